The van der Waals surface area contributed by atoms with Crippen molar-refractivity contribution < 1.29 is 4.42 Å². The fourth-order valence-electron chi connectivity index (χ4n) is 1.83. The largest absolute Gasteiger partial charge is 0.463 e. The Morgan fingerprint density at radius 3 is 2.94 bits per heavy atom. The van der Waals surface area contributed by atoms with Crippen LogP contribution in [-0.2, 0) is 0 Å². The number of anilines is 1. The van der Waals surface area contributed by atoms with Crippen molar-refractivity contribution in [3.8, 4) is 11.3 Å². The number of aryl methyl sites for hydroxylation is 1. The minimum absolute atomic E-state index is 0.0171. The molecule has 0 atom stereocenters. The van der Waals surface area contributed by atoms with Gasteiger partial charge in [0.15, 0.2) is 0 Å². The van der Waals surface area contributed by atoms with Crippen molar-refractivity contribution in [1.29, 1.82) is 0 Å². The Morgan fingerprint density at radius 2 is 2.12 bits per heavy atom. The molecule has 0 spiro atoms. The average molecular weight is 227 g/mol. The Kier molecular flexibility index (Phi) is 1.89. The van der Waals surface area contributed by atoms with Gasteiger partial charge in [-0.25, -0.2) is 4.98 Å². The summed E-state index contributed by atoms with van der Waals surface area (Å²) in [7, 11) is 0. The second kappa shape index (κ2) is 3.28. The van der Waals surface area contributed by atoms with E-state index in [1.54, 1.807) is 0 Å². The first-order chi connectivity index (χ1) is 8.15. The van der Waals surface area contributed by atoms with E-state index in [1.807, 2.05) is 25.1 Å². The lowest BCUT2D eigenvalue weighted by atomic mass is 10.1. The normalized spacial score (nSPS) is 11.1. The summed E-state index contributed by atoms with van der Waals surface area (Å²) < 4.78 is 5.38. The van der Waals surface area contributed by atoms with Gasteiger partial charge < -0.3 is 10.2 Å². The summed E-state index contributed by atoms with van der Waals surface area (Å²) in [6.07, 6.45) is 1.37. The van der Waals surface area contributed by atoms with Crippen molar-refractivity contribution in [1.82, 2.24) is 9.97 Å². The Morgan fingerprint density at radius 1 is 1.29 bits per heavy atom. The van der Waals surface area contributed by atoms with Gasteiger partial charge in [0, 0.05) is 5.39 Å². The lowest BCUT2D eigenvalue weighted by Gasteiger charge is -2.07. The van der Waals surface area contributed by atoms with Crippen molar-refractivity contribution in [2.75, 3.05) is 5.73 Å². The molecule has 2 aliphatic heterocycles. The molecule has 17 heavy (non-hydrogen) atoms. The molecule has 0 saturated carbocycles. The van der Waals surface area contributed by atoms with Gasteiger partial charge in [-0.05, 0) is 19.1 Å². The van der Waals surface area contributed by atoms with Crippen LogP contribution in [0, 0.1) is 6.92 Å². The van der Waals surface area contributed by atoms with Crippen molar-refractivity contribution >= 4 is 16.9 Å². The minimum atomic E-state index is -0.417. The molecule has 0 bridgehead atoms. The van der Waals surface area contributed by atoms with E-state index in [0.717, 1.165) is 10.9 Å². The number of nitrogens with two attached hydrogens (primary N) is 1. The average Bonchev–Trinajstić information content (AvgIpc) is 2.28. The molecular weight excluding hydrogens is 218 g/mol. The zero-order valence-electron chi connectivity index (χ0n) is 9.10. The smallest absolute Gasteiger partial charge is 0.285 e. The topological polar surface area (TPSA) is 82.0 Å². The number of fused-ring (bicyclic) bond motifs is 3. The number of hydrogen-bond donors (Lipinski definition) is 1. The first-order valence-corrected chi connectivity index (χ1v) is 5.10. The molecule has 1 aromatic rings. The van der Waals surface area contributed by atoms with Crippen LogP contribution in [-0.4, -0.2) is 9.97 Å². The molecule has 0 saturated heterocycles. The van der Waals surface area contributed by atoms with Crippen molar-refractivity contribution in [2.24, 2.45) is 0 Å². The van der Waals surface area contributed by atoms with E-state index in [4.69, 9.17) is 10.2 Å². The second-order valence-corrected chi connectivity index (χ2v) is 3.88. The quantitative estimate of drug-likeness (QED) is 0.589. The molecule has 0 aromatic heterocycles. The first kappa shape index (κ1) is 9.77. The highest BCUT2D eigenvalue weighted by molar-refractivity contribution is 5.92. The van der Waals surface area contributed by atoms with Gasteiger partial charge in [0.05, 0.1) is 5.69 Å². The summed E-state index contributed by atoms with van der Waals surface area (Å²) in [5.74, 6) is -0.0171. The van der Waals surface area contributed by atoms with Crippen LogP contribution in [0.15, 0.2) is 33.7 Å². The Bertz CT molecular complexity index is 749. The van der Waals surface area contributed by atoms with Crippen LogP contribution < -0.4 is 11.3 Å². The fraction of sp³-hybridized carbons (Fsp3) is 0.0833. The zero-order valence-corrected chi connectivity index (χ0v) is 9.10. The lowest BCUT2D eigenvalue weighted by molar-refractivity contribution is 0.603. The maximum Gasteiger partial charge on any atom is 0.285 e. The molecule has 0 amide bonds. The molecule has 0 radical (unpaired) electrons. The maximum atomic E-state index is 11.6. The molecule has 5 heteroatoms. The SMILES string of the molecule is Cc1ccc2occ3c(=O)nc(N)nc-3c2c1. The van der Waals surface area contributed by atoms with Gasteiger partial charge in [0.25, 0.3) is 5.56 Å². The first-order valence-electron chi connectivity index (χ1n) is 5.10. The number of hydrogen-bond acceptors (Lipinski definition) is 5. The Labute approximate surface area is 96.3 Å². The van der Waals surface area contributed by atoms with Crippen LogP contribution in [0.5, 0.6) is 0 Å². The van der Waals surface area contributed by atoms with Gasteiger partial charge in [-0.3, -0.25) is 4.79 Å². The van der Waals surface area contributed by atoms with Crippen LogP contribution in [0.4, 0.5) is 5.95 Å². The molecule has 2 aliphatic rings. The molecule has 0 aliphatic carbocycles. The number of aromatic nitrogens is 2. The standard InChI is InChI=1S/C12H9N3O2/c1-6-2-3-9-7(4-6)10-8(5-17-9)11(16)15-12(13)14-10/h2-5H,1H3,(H2,13,15,16). The molecule has 2 heterocycles. The summed E-state index contributed by atoms with van der Waals surface area (Å²) in [5, 5.41) is 0.772. The highest BCUT2D eigenvalue weighted by Gasteiger charge is 2.15. The van der Waals surface area contributed by atoms with E-state index in [2.05, 4.69) is 9.97 Å². The van der Waals surface area contributed by atoms with E-state index < -0.39 is 5.56 Å². The highest BCUT2D eigenvalue weighted by atomic mass is 16.3. The molecule has 2 N–H and O–H groups in total. The zero-order chi connectivity index (χ0) is 12.0. The lowest BCUT2D eigenvalue weighted by Crippen LogP contribution is -2.14. The summed E-state index contributed by atoms with van der Waals surface area (Å²) in [6.45, 7) is 1.96. The number of nitrogen functional groups attached to an aromatic ring is 1. The van der Waals surface area contributed by atoms with Gasteiger partial charge in [0.2, 0.25) is 5.95 Å². The molecule has 84 valence electrons. The van der Waals surface area contributed by atoms with Gasteiger partial charge >= 0.3 is 0 Å². The third-order valence-corrected chi connectivity index (χ3v) is 2.62. The molecule has 0 unspecified atom stereocenters. The van der Waals surface area contributed by atoms with E-state index in [9.17, 15) is 4.79 Å². The van der Waals surface area contributed by atoms with Gasteiger partial charge in [-0.15, -0.1) is 0 Å². The predicted molar refractivity (Wildman–Crippen MR) is 63.8 cm³/mol. The van der Waals surface area contributed by atoms with Crippen molar-refractivity contribution in [3.05, 3.63) is 40.4 Å². The van der Waals surface area contributed by atoms with Crippen molar-refractivity contribution in [3.63, 3.8) is 0 Å². The summed E-state index contributed by atoms with van der Waals surface area (Å²) in [4.78, 5) is 19.3. The molecule has 3 rings (SSSR count). The minimum Gasteiger partial charge on any atom is -0.463 e. The number of benzene rings is 1. The third kappa shape index (κ3) is 1.44. The summed E-state index contributed by atoms with van der Waals surface area (Å²) in [6, 6.07) is 5.68. The van der Waals surface area contributed by atoms with E-state index in [1.165, 1.54) is 6.26 Å². The molecule has 0 fully saturated rings. The van der Waals surface area contributed by atoms with E-state index >= 15 is 0 Å². The number of nitrogens with zero attached hydrogens (tertiary/aromatic N) is 2. The fourth-order valence-corrected chi connectivity index (χ4v) is 1.83. The van der Waals surface area contributed by atoms with E-state index in [0.29, 0.717) is 16.8 Å². The van der Waals surface area contributed by atoms with Gasteiger partial charge in [-0.1, -0.05) is 11.6 Å². The van der Waals surface area contributed by atoms with Crippen LogP contribution in [0.2, 0.25) is 0 Å². The van der Waals surface area contributed by atoms with Crippen LogP contribution in [0.3, 0.4) is 0 Å². The van der Waals surface area contributed by atoms with E-state index in [-0.39, 0.29) is 5.95 Å². The molecule has 5 nitrogen and oxygen atoms in total. The Hall–Kier alpha value is -2.43. The molecule has 1 aromatic carbocycles. The second-order valence-electron chi connectivity index (χ2n) is 3.88. The third-order valence-electron chi connectivity index (χ3n) is 2.62. The Balaban J connectivity index is 2.56. The van der Waals surface area contributed by atoms with Crippen molar-refractivity contribution in [2.45, 2.75) is 6.92 Å². The monoisotopic (exact) mass is 227 g/mol. The van der Waals surface area contributed by atoms with Gasteiger partial charge in [0.1, 0.15) is 17.4 Å². The van der Waals surface area contributed by atoms with Crippen LogP contribution in [0.1, 0.15) is 5.56 Å². The summed E-state index contributed by atoms with van der Waals surface area (Å²) in [5.41, 5.74) is 7.69. The molecular formula is C12H9N3O2. The number of rotatable bonds is 0. The van der Waals surface area contributed by atoms with Crippen LogP contribution >= 0.6 is 0 Å². The van der Waals surface area contributed by atoms with Gasteiger partial charge in [-0.2, -0.15) is 4.98 Å². The predicted octanol–water partition coefficient (Wildman–Crippen LogP) is 1.58. The summed E-state index contributed by atoms with van der Waals surface area (Å²) >= 11 is 0. The maximum absolute atomic E-state index is 11.6. The van der Waals surface area contributed by atoms with Crippen LogP contribution in [0.25, 0.3) is 22.2 Å². The highest BCUT2D eigenvalue weighted by Crippen LogP contribution is 2.27.